The predicted molar refractivity (Wildman–Crippen MR) is 63.9 cm³/mol. The summed E-state index contributed by atoms with van der Waals surface area (Å²) in [6.45, 7) is 2.27. The third-order valence-corrected chi connectivity index (χ3v) is 2.81. The predicted octanol–water partition coefficient (Wildman–Crippen LogP) is 1.71. The summed E-state index contributed by atoms with van der Waals surface area (Å²) in [6, 6.07) is 5.81. The molecule has 1 aliphatic rings. The molecule has 0 spiro atoms. The van der Waals surface area contributed by atoms with Gasteiger partial charge >= 0.3 is 0 Å². The van der Waals surface area contributed by atoms with Gasteiger partial charge in [0, 0.05) is 18.7 Å². The Hall–Kier alpha value is -2.17. The quantitative estimate of drug-likeness (QED) is 0.811. The Labute approximate surface area is 98.8 Å². The van der Waals surface area contributed by atoms with Gasteiger partial charge in [-0.15, -0.1) is 0 Å². The topological polar surface area (TPSA) is 62.3 Å². The summed E-state index contributed by atoms with van der Waals surface area (Å²) >= 11 is 0. The second kappa shape index (κ2) is 3.41. The van der Waals surface area contributed by atoms with E-state index in [9.17, 15) is 0 Å². The van der Waals surface area contributed by atoms with E-state index in [4.69, 9.17) is 15.2 Å². The molecular weight excluding hydrogens is 218 g/mol. The number of fused-ring (bicyclic) bond motifs is 1. The van der Waals surface area contributed by atoms with E-state index in [0.29, 0.717) is 5.82 Å². The van der Waals surface area contributed by atoms with Gasteiger partial charge in [-0.25, -0.2) is 0 Å². The maximum Gasteiger partial charge on any atom is 0.231 e. The van der Waals surface area contributed by atoms with E-state index in [1.807, 2.05) is 32.2 Å². The molecule has 0 atom stereocenters. The molecule has 1 aliphatic heterocycles. The van der Waals surface area contributed by atoms with Gasteiger partial charge in [-0.3, -0.25) is 4.68 Å². The number of rotatable bonds is 1. The minimum atomic E-state index is 0.258. The van der Waals surface area contributed by atoms with E-state index in [2.05, 4.69) is 5.10 Å². The second-order valence-corrected chi connectivity index (χ2v) is 4.12. The maximum atomic E-state index is 5.79. The van der Waals surface area contributed by atoms with E-state index in [0.717, 1.165) is 28.3 Å². The van der Waals surface area contributed by atoms with Gasteiger partial charge in [-0.05, 0) is 24.6 Å². The van der Waals surface area contributed by atoms with Crippen LogP contribution < -0.4 is 15.2 Å². The molecule has 2 aromatic rings. The van der Waals surface area contributed by atoms with Crippen LogP contribution in [0.5, 0.6) is 11.5 Å². The van der Waals surface area contributed by atoms with Crippen LogP contribution in [0.15, 0.2) is 18.2 Å². The summed E-state index contributed by atoms with van der Waals surface area (Å²) in [5.74, 6) is 2.13. The van der Waals surface area contributed by atoms with Crippen LogP contribution >= 0.6 is 0 Å². The number of aryl methyl sites for hydroxylation is 2. The van der Waals surface area contributed by atoms with Crippen molar-refractivity contribution in [1.82, 2.24) is 9.78 Å². The summed E-state index contributed by atoms with van der Waals surface area (Å²) in [4.78, 5) is 0. The van der Waals surface area contributed by atoms with Gasteiger partial charge in [0.25, 0.3) is 0 Å². The number of aromatic nitrogens is 2. The summed E-state index contributed by atoms with van der Waals surface area (Å²) in [6.07, 6.45) is 0. The van der Waals surface area contributed by atoms with Crippen LogP contribution in [0.1, 0.15) is 5.56 Å². The van der Waals surface area contributed by atoms with Gasteiger partial charge in [0.15, 0.2) is 11.5 Å². The van der Waals surface area contributed by atoms with Crippen LogP contribution in [0.2, 0.25) is 0 Å². The van der Waals surface area contributed by atoms with E-state index in [1.54, 1.807) is 4.68 Å². The van der Waals surface area contributed by atoms with Gasteiger partial charge in [-0.2, -0.15) is 5.10 Å². The first-order chi connectivity index (χ1) is 8.15. The molecule has 0 bridgehead atoms. The SMILES string of the molecule is Cc1cc2c(c(-c3cc(N)n(C)n3)c1)OCO2. The lowest BCUT2D eigenvalue weighted by molar-refractivity contribution is 0.174. The fourth-order valence-electron chi connectivity index (χ4n) is 1.95. The number of benzene rings is 1. The lowest BCUT2D eigenvalue weighted by atomic mass is 10.1. The molecule has 88 valence electrons. The lowest BCUT2D eigenvalue weighted by Gasteiger charge is -2.04. The fourth-order valence-corrected chi connectivity index (χ4v) is 1.95. The van der Waals surface area contributed by atoms with E-state index < -0.39 is 0 Å². The molecule has 0 fully saturated rings. The molecule has 1 aromatic carbocycles. The van der Waals surface area contributed by atoms with Crippen molar-refractivity contribution in [3.8, 4) is 22.8 Å². The number of anilines is 1. The third kappa shape index (κ3) is 1.51. The van der Waals surface area contributed by atoms with E-state index in [-0.39, 0.29) is 6.79 Å². The van der Waals surface area contributed by atoms with Crippen LogP contribution in [-0.4, -0.2) is 16.6 Å². The highest BCUT2D eigenvalue weighted by Crippen LogP contribution is 2.42. The van der Waals surface area contributed by atoms with Crippen LogP contribution in [0.25, 0.3) is 11.3 Å². The lowest BCUT2D eigenvalue weighted by Crippen LogP contribution is -1.96. The summed E-state index contributed by atoms with van der Waals surface area (Å²) in [7, 11) is 1.81. The zero-order valence-corrected chi connectivity index (χ0v) is 9.73. The molecule has 0 radical (unpaired) electrons. The number of hydrogen-bond acceptors (Lipinski definition) is 4. The average Bonchev–Trinajstić information content (AvgIpc) is 2.85. The van der Waals surface area contributed by atoms with Gasteiger partial charge in [-0.1, -0.05) is 0 Å². The Bertz CT molecular complexity index is 570. The highest BCUT2D eigenvalue weighted by Gasteiger charge is 2.21. The maximum absolute atomic E-state index is 5.79. The van der Waals surface area contributed by atoms with Gasteiger partial charge < -0.3 is 15.2 Å². The molecular formula is C12H13N3O2. The van der Waals surface area contributed by atoms with Crippen molar-refractivity contribution < 1.29 is 9.47 Å². The molecule has 0 unspecified atom stereocenters. The first kappa shape index (κ1) is 10.0. The molecule has 0 saturated heterocycles. The molecule has 0 amide bonds. The number of nitrogen functional groups attached to an aromatic ring is 1. The van der Waals surface area contributed by atoms with Crippen LogP contribution in [0.4, 0.5) is 5.82 Å². The number of ether oxygens (including phenoxy) is 2. The minimum Gasteiger partial charge on any atom is -0.454 e. The minimum absolute atomic E-state index is 0.258. The molecule has 5 heteroatoms. The van der Waals surface area contributed by atoms with Crippen molar-refractivity contribution in [2.45, 2.75) is 6.92 Å². The standard InChI is InChI=1S/C12H13N3O2/c1-7-3-8(9-5-11(13)15(2)14-9)12-10(4-7)16-6-17-12/h3-5H,6,13H2,1-2H3. The number of nitrogens with zero attached hydrogens (tertiary/aromatic N) is 2. The molecule has 0 aliphatic carbocycles. The summed E-state index contributed by atoms with van der Waals surface area (Å²) in [5.41, 5.74) is 8.62. The molecule has 1 aromatic heterocycles. The molecule has 5 nitrogen and oxygen atoms in total. The normalized spacial score (nSPS) is 13.1. The molecule has 0 saturated carbocycles. The molecule has 17 heavy (non-hydrogen) atoms. The first-order valence-electron chi connectivity index (χ1n) is 5.35. The van der Waals surface area contributed by atoms with Crippen molar-refractivity contribution in [3.63, 3.8) is 0 Å². The molecule has 3 rings (SSSR count). The fraction of sp³-hybridized carbons (Fsp3) is 0.250. The Morgan fingerprint density at radius 2 is 2.12 bits per heavy atom. The van der Waals surface area contributed by atoms with Crippen molar-refractivity contribution >= 4 is 5.82 Å². The summed E-state index contributed by atoms with van der Waals surface area (Å²) in [5, 5.41) is 4.36. The van der Waals surface area contributed by atoms with Crippen molar-refractivity contribution in [2.75, 3.05) is 12.5 Å². The second-order valence-electron chi connectivity index (χ2n) is 4.12. The van der Waals surface area contributed by atoms with Gasteiger partial charge in [0.1, 0.15) is 5.82 Å². The highest BCUT2D eigenvalue weighted by molar-refractivity contribution is 5.74. The molecule has 2 N–H and O–H groups in total. The van der Waals surface area contributed by atoms with Crippen LogP contribution in [0, 0.1) is 6.92 Å². The van der Waals surface area contributed by atoms with Crippen molar-refractivity contribution in [1.29, 1.82) is 0 Å². The largest absolute Gasteiger partial charge is 0.454 e. The van der Waals surface area contributed by atoms with E-state index >= 15 is 0 Å². The highest BCUT2D eigenvalue weighted by atomic mass is 16.7. The summed E-state index contributed by atoms with van der Waals surface area (Å²) < 4.78 is 12.5. The molecule has 2 heterocycles. The van der Waals surface area contributed by atoms with Crippen LogP contribution in [-0.2, 0) is 7.05 Å². The van der Waals surface area contributed by atoms with Gasteiger partial charge in [0.2, 0.25) is 6.79 Å². The van der Waals surface area contributed by atoms with Crippen molar-refractivity contribution in [2.24, 2.45) is 7.05 Å². The van der Waals surface area contributed by atoms with Gasteiger partial charge in [0.05, 0.1) is 5.69 Å². The Morgan fingerprint density at radius 1 is 1.29 bits per heavy atom. The monoisotopic (exact) mass is 231 g/mol. The first-order valence-corrected chi connectivity index (χ1v) is 5.35. The average molecular weight is 231 g/mol. The van der Waals surface area contributed by atoms with E-state index in [1.165, 1.54) is 0 Å². The Balaban J connectivity index is 2.20. The Kier molecular flexibility index (Phi) is 2.01. The zero-order valence-electron chi connectivity index (χ0n) is 9.73. The third-order valence-electron chi connectivity index (χ3n) is 2.81. The zero-order chi connectivity index (χ0) is 12.0. The van der Waals surface area contributed by atoms with Crippen molar-refractivity contribution in [3.05, 3.63) is 23.8 Å². The van der Waals surface area contributed by atoms with Crippen LogP contribution in [0.3, 0.4) is 0 Å². The number of nitrogens with two attached hydrogens (primary N) is 1. The Morgan fingerprint density at radius 3 is 2.82 bits per heavy atom. The number of hydrogen-bond donors (Lipinski definition) is 1. The smallest absolute Gasteiger partial charge is 0.231 e.